The summed E-state index contributed by atoms with van der Waals surface area (Å²) in [7, 11) is 1.45. The number of aromatic nitrogens is 1. The summed E-state index contributed by atoms with van der Waals surface area (Å²) in [6.07, 6.45) is 5.67. The lowest BCUT2D eigenvalue weighted by atomic mass is 9.82. The molecule has 140 valence electrons. The summed E-state index contributed by atoms with van der Waals surface area (Å²) in [5, 5.41) is 4.15. The van der Waals surface area contributed by atoms with Crippen molar-refractivity contribution in [1.82, 2.24) is 9.88 Å². The predicted octanol–water partition coefficient (Wildman–Crippen LogP) is 3.93. The average Bonchev–Trinajstić information content (AvgIpc) is 3.09. The predicted molar refractivity (Wildman–Crippen MR) is 102 cm³/mol. The Kier molecular flexibility index (Phi) is 5.64. The number of hydrogen-bond acceptors (Lipinski definition) is 3. The lowest BCUT2D eigenvalue weighted by Gasteiger charge is -2.26. The van der Waals surface area contributed by atoms with E-state index < -0.39 is 0 Å². The van der Waals surface area contributed by atoms with Crippen molar-refractivity contribution in [3.05, 3.63) is 36.0 Å². The van der Waals surface area contributed by atoms with Crippen LogP contribution in [0.2, 0.25) is 0 Å². The molecule has 1 amide bonds. The normalized spacial score (nSPS) is 20.3. The van der Waals surface area contributed by atoms with Crippen LogP contribution in [0, 0.1) is 11.8 Å². The van der Waals surface area contributed by atoms with E-state index in [0.717, 1.165) is 36.6 Å². The highest BCUT2D eigenvalue weighted by Gasteiger charge is 2.27. The SMILES string of the molecule is COC(=O)C1CCC(CNC(=O)c2ccc3c(ccn3C(C)C)c2)CC1. The Morgan fingerprint density at radius 2 is 1.92 bits per heavy atom. The number of rotatable bonds is 5. The maximum absolute atomic E-state index is 12.5. The van der Waals surface area contributed by atoms with Crippen molar-refractivity contribution in [2.24, 2.45) is 11.8 Å². The number of hydrogen-bond donors (Lipinski definition) is 1. The van der Waals surface area contributed by atoms with Gasteiger partial charge in [0.1, 0.15) is 0 Å². The first-order chi connectivity index (χ1) is 12.5. The number of esters is 1. The monoisotopic (exact) mass is 356 g/mol. The molecule has 5 nitrogen and oxygen atoms in total. The van der Waals surface area contributed by atoms with Crippen LogP contribution in [-0.2, 0) is 9.53 Å². The third-order valence-corrected chi connectivity index (χ3v) is 5.47. The highest BCUT2D eigenvalue weighted by Crippen LogP contribution is 2.29. The van der Waals surface area contributed by atoms with E-state index in [1.165, 1.54) is 7.11 Å². The van der Waals surface area contributed by atoms with Crippen molar-refractivity contribution in [2.45, 2.75) is 45.6 Å². The molecule has 0 saturated heterocycles. The van der Waals surface area contributed by atoms with Gasteiger partial charge >= 0.3 is 5.97 Å². The first kappa shape index (κ1) is 18.5. The lowest BCUT2D eigenvalue weighted by Crippen LogP contribution is -2.32. The maximum Gasteiger partial charge on any atom is 0.308 e. The molecule has 3 rings (SSSR count). The zero-order valence-corrected chi connectivity index (χ0v) is 15.8. The second kappa shape index (κ2) is 7.94. The highest BCUT2D eigenvalue weighted by atomic mass is 16.5. The standard InChI is InChI=1S/C21H28N2O3/c1-14(2)23-11-10-17-12-18(8-9-19(17)23)20(24)22-13-15-4-6-16(7-5-15)21(25)26-3/h8-12,14-16H,4-7,13H2,1-3H3,(H,22,24). The van der Waals surface area contributed by atoms with E-state index in [4.69, 9.17) is 4.74 Å². The summed E-state index contributed by atoms with van der Waals surface area (Å²) < 4.78 is 7.03. The minimum atomic E-state index is -0.103. The van der Waals surface area contributed by atoms with Crippen LogP contribution in [0.3, 0.4) is 0 Å². The summed E-state index contributed by atoms with van der Waals surface area (Å²) in [4.78, 5) is 24.1. The van der Waals surface area contributed by atoms with Gasteiger partial charge in [-0.1, -0.05) is 0 Å². The fraction of sp³-hybridized carbons (Fsp3) is 0.524. The molecule has 0 radical (unpaired) electrons. The molecular formula is C21H28N2O3. The van der Waals surface area contributed by atoms with Crippen molar-refractivity contribution in [2.75, 3.05) is 13.7 Å². The first-order valence-corrected chi connectivity index (χ1v) is 9.46. The summed E-state index contributed by atoms with van der Waals surface area (Å²) in [5.41, 5.74) is 1.85. The number of benzene rings is 1. The fourth-order valence-corrected chi connectivity index (χ4v) is 3.86. The Hall–Kier alpha value is -2.30. The van der Waals surface area contributed by atoms with E-state index in [-0.39, 0.29) is 17.8 Å². The van der Waals surface area contributed by atoms with Crippen LogP contribution in [0.25, 0.3) is 10.9 Å². The van der Waals surface area contributed by atoms with Crippen LogP contribution in [0.5, 0.6) is 0 Å². The molecule has 1 heterocycles. The Bertz CT molecular complexity index is 786. The zero-order valence-electron chi connectivity index (χ0n) is 15.8. The largest absolute Gasteiger partial charge is 0.469 e. The molecule has 0 aliphatic heterocycles. The van der Waals surface area contributed by atoms with E-state index in [2.05, 4.69) is 36.0 Å². The third kappa shape index (κ3) is 3.92. The van der Waals surface area contributed by atoms with Gasteiger partial charge in [-0.2, -0.15) is 0 Å². The average molecular weight is 356 g/mol. The van der Waals surface area contributed by atoms with Crippen LogP contribution < -0.4 is 5.32 Å². The number of carbonyl (C=O) groups excluding carboxylic acids is 2. The number of nitrogens with zero attached hydrogens (tertiary/aromatic N) is 1. The molecule has 26 heavy (non-hydrogen) atoms. The number of amides is 1. The summed E-state index contributed by atoms with van der Waals surface area (Å²) in [5.74, 6) is 0.332. The second-order valence-electron chi connectivity index (χ2n) is 7.54. The molecule has 1 aromatic carbocycles. The zero-order chi connectivity index (χ0) is 18.7. The van der Waals surface area contributed by atoms with Crippen LogP contribution in [0.4, 0.5) is 0 Å². The number of carbonyl (C=O) groups is 2. The minimum absolute atomic E-state index is 0.0272. The van der Waals surface area contributed by atoms with Crippen molar-refractivity contribution >= 4 is 22.8 Å². The first-order valence-electron chi connectivity index (χ1n) is 9.46. The van der Waals surface area contributed by atoms with Crippen molar-refractivity contribution in [3.63, 3.8) is 0 Å². The molecule has 0 spiro atoms. The number of methoxy groups -OCH3 is 1. The molecule has 0 unspecified atom stereocenters. The van der Waals surface area contributed by atoms with E-state index in [1.807, 2.05) is 18.2 Å². The molecule has 1 saturated carbocycles. The van der Waals surface area contributed by atoms with Crippen molar-refractivity contribution in [1.29, 1.82) is 0 Å². The molecule has 0 bridgehead atoms. The van der Waals surface area contributed by atoms with E-state index in [9.17, 15) is 9.59 Å². The molecule has 5 heteroatoms. The fourth-order valence-electron chi connectivity index (χ4n) is 3.86. The van der Waals surface area contributed by atoms with E-state index >= 15 is 0 Å². The van der Waals surface area contributed by atoms with Crippen LogP contribution in [0.15, 0.2) is 30.5 Å². The van der Waals surface area contributed by atoms with Crippen molar-refractivity contribution < 1.29 is 14.3 Å². The summed E-state index contributed by atoms with van der Waals surface area (Å²) >= 11 is 0. The van der Waals surface area contributed by atoms with E-state index in [0.29, 0.717) is 24.1 Å². The van der Waals surface area contributed by atoms with Gasteiger partial charge in [-0.3, -0.25) is 9.59 Å². The molecular weight excluding hydrogens is 328 g/mol. The maximum atomic E-state index is 12.5. The van der Waals surface area contributed by atoms with Crippen LogP contribution in [-0.4, -0.2) is 30.1 Å². The smallest absolute Gasteiger partial charge is 0.308 e. The molecule has 1 aliphatic rings. The summed E-state index contributed by atoms with van der Waals surface area (Å²) in [6, 6.07) is 8.32. The molecule has 2 aromatic rings. The molecule has 1 N–H and O–H groups in total. The Morgan fingerprint density at radius 1 is 1.19 bits per heavy atom. The minimum Gasteiger partial charge on any atom is -0.469 e. The molecule has 1 fully saturated rings. The Balaban J connectivity index is 1.56. The van der Waals surface area contributed by atoms with Gasteiger partial charge in [-0.05, 0) is 69.7 Å². The quantitative estimate of drug-likeness (QED) is 0.826. The summed E-state index contributed by atoms with van der Waals surface area (Å²) in [6.45, 7) is 4.96. The molecule has 0 atom stereocenters. The number of ether oxygens (including phenoxy) is 1. The van der Waals surface area contributed by atoms with E-state index in [1.54, 1.807) is 0 Å². The second-order valence-corrected chi connectivity index (χ2v) is 7.54. The van der Waals surface area contributed by atoms with Gasteiger partial charge in [0.2, 0.25) is 0 Å². The van der Waals surface area contributed by atoms with Gasteiger partial charge < -0.3 is 14.6 Å². The van der Waals surface area contributed by atoms with Gasteiger partial charge in [0, 0.05) is 35.2 Å². The third-order valence-electron chi connectivity index (χ3n) is 5.47. The van der Waals surface area contributed by atoms with Gasteiger partial charge in [0.25, 0.3) is 5.91 Å². The topological polar surface area (TPSA) is 60.3 Å². The van der Waals surface area contributed by atoms with Crippen LogP contribution >= 0.6 is 0 Å². The van der Waals surface area contributed by atoms with Crippen molar-refractivity contribution in [3.8, 4) is 0 Å². The van der Waals surface area contributed by atoms with Gasteiger partial charge in [0.05, 0.1) is 13.0 Å². The lowest BCUT2D eigenvalue weighted by molar-refractivity contribution is -0.146. The van der Waals surface area contributed by atoms with Gasteiger partial charge in [-0.25, -0.2) is 0 Å². The Morgan fingerprint density at radius 3 is 2.58 bits per heavy atom. The number of nitrogens with one attached hydrogen (secondary N) is 1. The van der Waals surface area contributed by atoms with Gasteiger partial charge in [-0.15, -0.1) is 0 Å². The number of fused-ring (bicyclic) bond motifs is 1. The highest BCUT2D eigenvalue weighted by molar-refractivity contribution is 5.98. The van der Waals surface area contributed by atoms with Crippen LogP contribution in [0.1, 0.15) is 55.9 Å². The molecule has 1 aliphatic carbocycles. The molecule has 1 aromatic heterocycles. The Labute approximate surface area is 154 Å². The van der Waals surface area contributed by atoms with Gasteiger partial charge in [0.15, 0.2) is 0 Å².